The molecule has 0 aromatic rings. The quantitative estimate of drug-likeness (QED) is 0.380. The highest BCUT2D eigenvalue weighted by Crippen LogP contribution is 2.19. The van der Waals surface area contributed by atoms with E-state index in [9.17, 15) is 15.3 Å². The Balaban J connectivity index is 2.08. The molecule has 130 valence electrons. The summed E-state index contributed by atoms with van der Waals surface area (Å²) in [5.74, 6) is 0. The first-order chi connectivity index (χ1) is 10.7. The average molecular weight is 316 g/mol. The SMILES string of the molecule is CCCCCCCCC/C=C/O[C@@H](CO)[C@@H]1OC[C@@H](O)[C@@H]1O. The number of hydrogen-bond acceptors (Lipinski definition) is 5. The molecule has 1 saturated heterocycles. The van der Waals surface area contributed by atoms with Crippen molar-refractivity contribution in [3.63, 3.8) is 0 Å². The third-order valence-electron chi connectivity index (χ3n) is 4.06. The third-order valence-corrected chi connectivity index (χ3v) is 4.06. The molecule has 0 saturated carbocycles. The van der Waals surface area contributed by atoms with Gasteiger partial charge < -0.3 is 24.8 Å². The zero-order chi connectivity index (χ0) is 16.2. The summed E-state index contributed by atoms with van der Waals surface area (Å²) in [5, 5.41) is 28.5. The molecule has 0 amide bonds. The van der Waals surface area contributed by atoms with Crippen molar-refractivity contribution in [2.45, 2.75) is 82.7 Å². The van der Waals surface area contributed by atoms with Gasteiger partial charge in [-0.1, -0.05) is 45.4 Å². The summed E-state index contributed by atoms with van der Waals surface area (Å²) >= 11 is 0. The zero-order valence-electron chi connectivity index (χ0n) is 13.7. The lowest BCUT2D eigenvalue weighted by Crippen LogP contribution is -2.41. The van der Waals surface area contributed by atoms with Crippen LogP contribution in [0.5, 0.6) is 0 Å². The Morgan fingerprint density at radius 3 is 2.41 bits per heavy atom. The van der Waals surface area contributed by atoms with Gasteiger partial charge in [-0.3, -0.25) is 0 Å². The summed E-state index contributed by atoms with van der Waals surface area (Å²) in [4.78, 5) is 0. The second-order valence-electron chi connectivity index (χ2n) is 5.99. The Morgan fingerprint density at radius 2 is 1.82 bits per heavy atom. The number of aliphatic hydroxyl groups is 3. The van der Waals surface area contributed by atoms with Gasteiger partial charge in [0, 0.05) is 0 Å². The van der Waals surface area contributed by atoms with Crippen LogP contribution in [0.15, 0.2) is 12.3 Å². The first kappa shape index (κ1) is 19.4. The van der Waals surface area contributed by atoms with Gasteiger partial charge in [0.15, 0.2) is 0 Å². The standard InChI is InChI=1S/C17H32O5/c1-2-3-4-5-6-7-8-9-10-11-21-15(12-18)17-16(20)14(19)13-22-17/h10-11,14-20H,2-9,12-13H2,1H3/b11-10+/t14-,15+,16+,17+/m1/s1. The number of ether oxygens (including phenoxy) is 2. The van der Waals surface area contributed by atoms with Gasteiger partial charge in [-0.15, -0.1) is 0 Å². The summed E-state index contributed by atoms with van der Waals surface area (Å²) in [7, 11) is 0. The maximum Gasteiger partial charge on any atom is 0.149 e. The van der Waals surface area contributed by atoms with Crippen LogP contribution in [0.1, 0.15) is 58.3 Å². The minimum atomic E-state index is -1.01. The van der Waals surface area contributed by atoms with Crippen molar-refractivity contribution in [1.29, 1.82) is 0 Å². The lowest BCUT2D eigenvalue weighted by Gasteiger charge is -2.23. The molecule has 1 heterocycles. The fourth-order valence-corrected chi connectivity index (χ4v) is 2.62. The number of rotatable bonds is 12. The van der Waals surface area contributed by atoms with Gasteiger partial charge in [-0.05, 0) is 18.9 Å². The van der Waals surface area contributed by atoms with Gasteiger partial charge in [-0.2, -0.15) is 0 Å². The number of aliphatic hydroxyl groups excluding tert-OH is 3. The highest BCUT2D eigenvalue weighted by molar-refractivity contribution is 4.90. The topological polar surface area (TPSA) is 79.2 Å². The molecule has 0 radical (unpaired) electrons. The summed E-state index contributed by atoms with van der Waals surface area (Å²) < 4.78 is 10.7. The fourth-order valence-electron chi connectivity index (χ4n) is 2.62. The fraction of sp³-hybridized carbons (Fsp3) is 0.882. The number of allylic oxidation sites excluding steroid dienone is 1. The van der Waals surface area contributed by atoms with Crippen molar-refractivity contribution in [3.05, 3.63) is 12.3 Å². The molecule has 4 atom stereocenters. The minimum absolute atomic E-state index is 0.0768. The molecule has 0 spiro atoms. The van der Waals surface area contributed by atoms with Crippen molar-refractivity contribution in [3.8, 4) is 0 Å². The van der Waals surface area contributed by atoms with E-state index in [2.05, 4.69) is 6.92 Å². The summed E-state index contributed by atoms with van der Waals surface area (Å²) in [6.45, 7) is 2.05. The largest absolute Gasteiger partial charge is 0.493 e. The van der Waals surface area contributed by atoms with Crippen LogP contribution in [0.2, 0.25) is 0 Å². The second kappa shape index (κ2) is 11.9. The highest BCUT2D eigenvalue weighted by atomic mass is 16.6. The molecule has 5 heteroatoms. The van der Waals surface area contributed by atoms with Gasteiger partial charge in [-0.25, -0.2) is 0 Å². The molecule has 3 N–H and O–H groups in total. The van der Waals surface area contributed by atoms with Crippen LogP contribution >= 0.6 is 0 Å². The first-order valence-corrected chi connectivity index (χ1v) is 8.59. The van der Waals surface area contributed by atoms with Crippen LogP contribution in [0, 0.1) is 0 Å². The lowest BCUT2D eigenvalue weighted by atomic mass is 10.1. The Morgan fingerprint density at radius 1 is 1.14 bits per heavy atom. The molecular formula is C17H32O5. The monoisotopic (exact) mass is 316 g/mol. The molecule has 5 nitrogen and oxygen atoms in total. The molecular weight excluding hydrogens is 284 g/mol. The van der Waals surface area contributed by atoms with Gasteiger partial charge in [0.1, 0.15) is 24.4 Å². The van der Waals surface area contributed by atoms with Crippen LogP contribution in [-0.4, -0.2) is 52.9 Å². The molecule has 0 aliphatic carbocycles. The van der Waals surface area contributed by atoms with E-state index >= 15 is 0 Å². The maximum atomic E-state index is 9.73. The maximum absolute atomic E-state index is 9.73. The van der Waals surface area contributed by atoms with E-state index in [0.717, 1.165) is 12.8 Å². The summed E-state index contributed by atoms with van der Waals surface area (Å²) in [5.41, 5.74) is 0. The van der Waals surface area contributed by atoms with Gasteiger partial charge in [0.25, 0.3) is 0 Å². The zero-order valence-corrected chi connectivity index (χ0v) is 13.7. The average Bonchev–Trinajstić information content (AvgIpc) is 2.85. The Bertz CT molecular complexity index is 295. The Hall–Kier alpha value is -0.620. The van der Waals surface area contributed by atoms with E-state index in [1.165, 1.54) is 38.5 Å². The van der Waals surface area contributed by atoms with E-state index in [0.29, 0.717) is 0 Å². The predicted molar refractivity (Wildman–Crippen MR) is 85.5 cm³/mol. The van der Waals surface area contributed by atoms with Crippen LogP contribution in [0.25, 0.3) is 0 Å². The number of hydrogen-bond donors (Lipinski definition) is 3. The molecule has 0 aromatic heterocycles. The molecule has 22 heavy (non-hydrogen) atoms. The molecule has 1 aliphatic heterocycles. The molecule has 0 aromatic carbocycles. The first-order valence-electron chi connectivity index (χ1n) is 8.59. The van der Waals surface area contributed by atoms with Crippen molar-refractivity contribution in [2.24, 2.45) is 0 Å². The Kier molecular flexibility index (Phi) is 10.5. The molecule has 1 aliphatic rings. The summed E-state index contributed by atoms with van der Waals surface area (Å²) in [6.07, 6.45) is 10.1. The second-order valence-corrected chi connectivity index (χ2v) is 5.99. The third kappa shape index (κ3) is 7.09. The van der Waals surface area contributed by atoms with Gasteiger partial charge >= 0.3 is 0 Å². The van der Waals surface area contributed by atoms with E-state index in [1.54, 1.807) is 6.26 Å². The summed E-state index contributed by atoms with van der Waals surface area (Å²) in [6, 6.07) is 0. The van der Waals surface area contributed by atoms with Crippen molar-refractivity contribution in [2.75, 3.05) is 13.2 Å². The molecule has 0 bridgehead atoms. The van der Waals surface area contributed by atoms with E-state index in [1.807, 2.05) is 6.08 Å². The smallest absolute Gasteiger partial charge is 0.149 e. The van der Waals surface area contributed by atoms with Crippen molar-refractivity contribution >= 4 is 0 Å². The predicted octanol–water partition coefficient (Wildman–Crippen LogP) is 2.14. The van der Waals surface area contributed by atoms with Crippen LogP contribution in [0.3, 0.4) is 0 Å². The van der Waals surface area contributed by atoms with Crippen molar-refractivity contribution < 1.29 is 24.8 Å². The van der Waals surface area contributed by atoms with Crippen LogP contribution in [0.4, 0.5) is 0 Å². The highest BCUT2D eigenvalue weighted by Gasteiger charge is 2.40. The van der Waals surface area contributed by atoms with E-state index in [-0.39, 0.29) is 13.2 Å². The molecule has 1 rings (SSSR count). The Labute approximate surface area is 133 Å². The number of unbranched alkanes of at least 4 members (excludes halogenated alkanes) is 7. The molecule has 1 fully saturated rings. The van der Waals surface area contributed by atoms with Crippen LogP contribution in [-0.2, 0) is 9.47 Å². The van der Waals surface area contributed by atoms with Crippen molar-refractivity contribution in [1.82, 2.24) is 0 Å². The van der Waals surface area contributed by atoms with Gasteiger partial charge in [0.2, 0.25) is 0 Å². The normalized spacial score (nSPS) is 26.6. The lowest BCUT2D eigenvalue weighted by molar-refractivity contribution is -0.0737. The van der Waals surface area contributed by atoms with E-state index < -0.39 is 24.4 Å². The van der Waals surface area contributed by atoms with E-state index in [4.69, 9.17) is 9.47 Å². The minimum Gasteiger partial charge on any atom is -0.493 e. The van der Waals surface area contributed by atoms with Gasteiger partial charge in [0.05, 0.1) is 19.5 Å². The van der Waals surface area contributed by atoms with Crippen LogP contribution < -0.4 is 0 Å². The molecule has 0 unspecified atom stereocenters.